The summed E-state index contributed by atoms with van der Waals surface area (Å²) in [6, 6.07) is 14.6. The molecule has 3 rings (SSSR count). The van der Waals surface area contributed by atoms with Gasteiger partial charge in [0.1, 0.15) is 0 Å². The van der Waals surface area contributed by atoms with E-state index in [1.54, 1.807) is 28.6 Å². The zero-order chi connectivity index (χ0) is 16.4. The second-order valence-electron chi connectivity index (χ2n) is 5.64. The Labute approximate surface area is 142 Å². The number of nitrogens with zero attached hydrogens (tertiary/aromatic N) is 2. The fourth-order valence-corrected chi connectivity index (χ4v) is 4.32. The molecule has 0 radical (unpaired) electrons. The van der Waals surface area contributed by atoms with Gasteiger partial charge in [0, 0.05) is 36.9 Å². The van der Waals surface area contributed by atoms with Crippen LogP contribution in [0.3, 0.4) is 0 Å². The molecule has 0 aromatic heterocycles. The Hall–Kier alpha value is -1.56. The van der Waals surface area contributed by atoms with E-state index in [0.717, 1.165) is 16.3 Å². The van der Waals surface area contributed by atoms with Gasteiger partial charge < -0.3 is 4.90 Å². The van der Waals surface area contributed by atoms with Crippen molar-refractivity contribution in [3.05, 3.63) is 59.1 Å². The lowest BCUT2D eigenvalue weighted by Gasteiger charge is -2.35. The summed E-state index contributed by atoms with van der Waals surface area (Å²) in [6.45, 7) is 4.23. The van der Waals surface area contributed by atoms with Gasteiger partial charge in [-0.2, -0.15) is 4.31 Å². The summed E-state index contributed by atoms with van der Waals surface area (Å²) in [5.74, 6) is 0. The van der Waals surface area contributed by atoms with Crippen molar-refractivity contribution in [2.45, 2.75) is 11.8 Å². The van der Waals surface area contributed by atoms with Gasteiger partial charge in [-0.05, 0) is 36.8 Å². The van der Waals surface area contributed by atoms with Crippen LogP contribution in [0.1, 0.15) is 5.56 Å². The van der Waals surface area contributed by atoms with E-state index in [1.807, 2.05) is 31.2 Å². The van der Waals surface area contributed by atoms with E-state index >= 15 is 0 Å². The SMILES string of the molecule is Cc1ccc(N2CCN(S(=O)(=O)c3ccccc3)CC2)cc1Cl. The zero-order valence-corrected chi connectivity index (χ0v) is 14.5. The number of benzene rings is 2. The highest BCUT2D eigenvalue weighted by atomic mass is 35.5. The second kappa shape index (κ2) is 6.51. The molecule has 0 saturated carbocycles. The Kier molecular flexibility index (Phi) is 4.62. The van der Waals surface area contributed by atoms with E-state index in [-0.39, 0.29) is 0 Å². The number of hydrogen-bond acceptors (Lipinski definition) is 3. The molecule has 0 unspecified atom stereocenters. The molecule has 0 N–H and O–H groups in total. The van der Waals surface area contributed by atoms with E-state index in [9.17, 15) is 8.42 Å². The molecule has 0 aliphatic carbocycles. The minimum Gasteiger partial charge on any atom is -0.369 e. The minimum atomic E-state index is -3.40. The Morgan fingerprint density at radius 2 is 1.61 bits per heavy atom. The van der Waals surface area contributed by atoms with Crippen molar-refractivity contribution in [3.8, 4) is 0 Å². The first-order valence-electron chi connectivity index (χ1n) is 7.55. The van der Waals surface area contributed by atoms with Gasteiger partial charge in [-0.3, -0.25) is 0 Å². The molecule has 0 spiro atoms. The molecule has 6 heteroatoms. The number of halogens is 1. The van der Waals surface area contributed by atoms with Crippen LogP contribution < -0.4 is 4.90 Å². The molecule has 2 aromatic rings. The molecule has 0 amide bonds. The normalized spacial score (nSPS) is 16.5. The summed E-state index contributed by atoms with van der Waals surface area (Å²) >= 11 is 6.18. The van der Waals surface area contributed by atoms with Crippen molar-refractivity contribution in [2.24, 2.45) is 0 Å². The monoisotopic (exact) mass is 350 g/mol. The third kappa shape index (κ3) is 3.37. The number of aryl methyl sites for hydroxylation is 1. The van der Waals surface area contributed by atoms with E-state index in [0.29, 0.717) is 31.1 Å². The molecule has 23 heavy (non-hydrogen) atoms. The van der Waals surface area contributed by atoms with E-state index in [1.165, 1.54) is 0 Å². The van der Waals surface area contributed by atoms with E-state index in [2.05, 4.69) is 4.90 Å². The third-order valence-corrected chi connectivity index (χ3v) is 6.46. The van der Waals surface area contributed by atoms with Crippen molar-refractivity contribution < 1.29 is 8.42 Å². The van der Waals surface area contributed by atoms with Gasteiger partial charge in [-0.25, -0.2) is 8.42 Å². The molecule has 2 aromatic carbocycles. The Balaban J connectivity index is 1.72. The first kappa shape index (κ1) is 16.3. The van der Waals surface area contributed by atoms with Crippen LogP contribution in [-0.2, 0) is 10.0 Å². The molecule has 1 saturated heterocycles. The summed E-state index contributed by atoms with van der Waals surface area (Å²) in [4.78, 5) is 2.52. The van der Waals surface area contributed by atoms with Gasteiger partial charge in [0.05, 0.1) is 4.90 Å². The Bertz CT molecular complexity index is 785. The molecule has 1 aliphatic rings. The van der Waals surface area contributed by atoms with Crippen LogP contribution in [0.4, 0.5) is 5.69 Å². The van der Waals surface area contributed by atoms with Crippen molar-refractivity contribution in [1.29, 1.82) is 0 Å². The summed E-state index contributed by atoms with van der Waals surface area (Å²) in [5, 5.41) is 0.738. The molecular formula is C17H19ClN2O2S. The lowest BCUT2D eigenvalue weighted by atomic mass is 10.2. The number of rotatable bonds is 3. The molecule has 122 valence electrons. The van der Waals surface area contributed by atoms with Gasteiger partial charge in [0.25, 0.3) is 0 Å². The molecule has 1 fully saturated rings. The van der Waals surface area contributed by atoms with Crippen LogP contribution >= 0.6 is 11.6 Å². The first-order valence-corrected chi connectivity index (χ1v) is 9.36. The maximum Gasteiger partial charge on any atom is 0.243 e. The standard InChI is InChI=1S/C17H19ClN2O2S/c1-14-7-8-15(13-17(14)18)19-9-11-20(12-10-19)23(21,22)16-5-3-2-4-6-16/h2-8,13H,9-12H2,1H3. The van der Waals surface area contributed by atoms with Crippen LogP contribution in [-0.4, -0.2) is 38.9 Å². The molecule has 1 aliphatic heterocycles. The summed E-state index contributed by atoms with van der Waals surface area (Å²) in [6.07, 6.45) is 0. The van der Waals surface area contributed by atoms with E-state index in [4.69, 9.17) is 11.6 Å². The summed E-state index contributed by atoms with van der Waals surface area (Å²) in [7, 11) is -3.40. The van der Waals surface area contributed by atoms with Crippen molar-refractivity contribution >= 4 is 27.3 Å². The zero-order valence-electron chi connectivity index (χ0n) is 12.9. The number of anilines is 1. The highest BCUT2D eigenvalue weighted by Gasteiger charge is 2.28. The molecule has 0 atom stereocenters. The predicted octanol–water partition coefficient (Wildman–Crippen LogP) is 3.16. The van der Waals surface area contributed by atoms with Gasteiger partial charge in [0.15, 0.2) is 0 Å². The Morgan fingerprint density at radius 3 is 2.22 bits per heavy atom. The first-order chi connectivity index (χ1) is 11.0. The van der Waals surface area contributed by atoms with Crippen LogP contribution in [0.25, 0.3) is 0 Å². The number of sulfonamides is 1. The average Bonchev–Trinajstić information content (AvgIpc) is 2.58. The van der Waals surface area contributed by atoms with Crippen LogP contribution in [0.5, 0.6) is 0 Å². The molecular weight excluding hydrogens is 332 g/mol. The largest absolute Gasteiger partial charge is 0.369 e. The number of piperazine rings is 1. The van der Waals surface area contributed by atoms with Gasteiger partial charge in [-0.15, -0.1) is 0 Å². The Morgan fingerprint density at radius 1 is 0.957 bits per heavy atom. The smallest absolute Gasteiger partial charge is 0.243 e. The lowest BCUT2D eigenvalue weighted by Crippen LogP contribution is -2.48. The third-order valence-electron chi connectivity index (χ3n) is 4.14. The summed E-state index contributed by atoms with van der Waals surface area (Å²) < 4.78 is 26.8. The van der Waals surface area contributed by atoms with Crippen LogP contribution in [0, 0.1) is 6.92 Å². The fraction of sp³-hybridized carbons (Fsp3) is 0.294. The van der Waals surface area contributed by atoms with Gasteiger partial charge in [0.2, 0.25) is 10.0 Å². The van der Waals surface area contributed by atoms with Crippen molar-refractivity contribution in [3.63, 3.8) is 0 Å². The van der Waals surface area contributed by atoms with Gasteiger partial charge >= 0.3 is 0 Å². The quantitative estimate of drug-likeness (QED) is 0.853. The lowest BCUT2D eigenvalue weighted by molar-refractivity contribution is 0.385. The summed E-state index contributed by atoms with van der Waals surface area (Å²) in [5.41, 5.74) is 2.08. The van der Waals surface area contributed by atoms with Crippen LogP contribution in [0.2, 0.25) is 5.02 Å². The maximum atomic E-state index is 12.6. The predicted molar refractivity (Wildman–Crippen MR) is 93.6 cm³/mol. The maximum absolute atomic E-state index is 12.6. The highest BCUT2D eigenvalue weighted by molar-refractivity contribution is 7.89. The molecule has 4 nitrogen and oxygen atoms in total. The van der Waals surface area contributed by atoms with Crippen molar-refractivity contribution in [1.82, 2.24) is 4.31 Å². The van der Waals surface area contributed by atoms with Crippen LogP contribution in [0.15, 0.2) is 53.4 Å². The van der Waals surface area contributed by atoms with Crippen molar-refractivity contribution in [2.75, 3.05) is 31.1 Å². The molecule has 1 heterocycles. The average molecular weight is 351 g/mol. The van der Waals surface area contributed by atoms with Gasteiger partial charge in [-0.1, -0.05) is 35.9 Å². The second-order valence-corrected chi connectivity index (χ2v) is 7.98. The minimum absolute atomic E-state index is 0.354. The highest BCUT2D eigenvalue weighted by Crippen LogP contribution is 2.25. The van der Waals surface area contributed by atoms with E-state index < -0.39 is 10.0 Å². The topological polar surface area (TPSA) is 40.6 Å². The molecule has 0 bridgehead atoms. The fourth-order valence-electron chi connectivity index (χ4n) is 2.71. The number of hydrogen-bond donors (Lipinski definition) is 0.